The topological polar surface area (TPSA) is 72.7 Å². The van der Waals surface area contributed by atoms with E-state index in [1.165, 1.54) is 4.90 Å². The van der Waals surface area contributed by atoms with E-state index in [1.807, 2.05) is 6.07 Å². The third-order valence-electron chi connectivity index (χ3n) is 2.70. The molecule has 102 valence electrons. The van der Waals surface area contributed by atoms with E-state index in [1.54, 1.807) is 12.1 Å². The van der Waals surface area contributed by atoms with E-state index >= 15 is 0 Å². The van der Waals surface area contributed by atoms with Gasteiger partial charge < -0.3 is 9.64 Å². The average molecular weight is 305 g/mol. The maximum atomic E-state index is 10.9. The number of benzene rings is 1. The summed E-state index contributed by atoms with van der Waals surface area (Å²) in [5.41, 5.74) is 1.91. The van der Waals surface area contributed by atoms with Gasteiger partial charge in [0.1, 0.15) is 6.73 Å². The van der Waals surface area contributed by atoms with Crippen LogP contribution < -0.4 is 0 Å². The number of nitro groups is 1. The van der Waals surface area contributed by atoms with Crippen molar-refractivity contribution in [1.29, 1.82) is 0 Å². The number of fused-ring (bicyclic) bond motifs is 1. The Morgan fingerprint density at radius 1 is 1.42 bits per heavy atom. The van der Waals surface area contributed by atoms with Gasteiger partial charge in [-0.3, -0.25) is 14.9 Å². The molecule has 0 radical (unpaired) electrons. The zero-order valence-electron chi connectivity index (χ0n) is 9.71. The summed E-state index contributed by atoms with van der Waals surface area (Å²) in [7, 11) is 0. The molecule has 0 atom stereocenters. The van der Waals surface area contributed by atoms with Crippen LogP contribution in [-0.2, 0) is 9.53 Å². The lowest BCUT2D eigenvalue weighted by atomic mass is 10.5. The molecule has 0 spiro atoms. The lowest BCUT2D eigenvalue weighted by Gasteiger charge is -2.12. The van der Waals surface area contributed by atoms with Crippen LogP contribution in [0.1, 0.15) is 0 Å². The van der Waals surface area contributed by atoms with E-state index in [0.717, 1.165) is 11.1 Å². The van der Waals surface area contributed by atoms with E-state index < -0.39 is 4.84 Å². The molecule has 0 N–H and O–H groups in total. The number of carbonyl (C=O) groups is 1. The Labute approximate surface area is 119 Å². The maximum Gasteiger partial charge on any atom is 0.285 e. The number of alkyl halides is 2. The van der Waals surface area contributed by atoms with Gasteiger partial charge in [-0.2, -0.15) is 0 Å². The Bertz CT molecular complexity index is 495. The Morgan fingerprint density at radius 3 is 2.42 bits per heavy atom. The smallest absolute Gasteiger partial charge is 0.285 e. The Kier molecular flexibility index (Phi) is 4.24. The summed E-state index contributed by atoms with van der Waals surface area (Å²) in [4.78, 5) is 21.2. The molecular formula is C11H10Cl2N2O4. The summed E-state index contributed by atoms with van der Waals surface area (Å²) >= 11 is 10.7. The molecule has 2 aliphatic carbocycles. The first-order chi connectivity index (χ1) is 9.02. The van der Waals surface area contributed by atoms with E-state index in [2.05, 4.69) is 0 Å². The molecule has 1 amide bonds. The number of hydrogen-bond acceptors (Lipinski definition) is 4. The Hall–Kier alpha value is -1.37. The summed E-state index contributed by atoms with van der Waals surface area (Å²) in [5.74, 6) is -0.277. The number of ether oxygens (including phenoxy) is 1. The van der Waals surface area contributed by atoms with Gasteiger partial charge in [0.2, 0.25) is 0 Å². The van der Waals surface area contributed by atoms with Crippen molar-refractivity contribution in [1.82, 2.24) is 4.90 Å². The molecule has 3 aliphatic rings. The molecule has 19 heavy (non-hydrogen) atoms. The third-order valence-corrected chi connectivity index (χ3v) is 3.07. The molecule has 0 aromatic carbocycles. The monoisotopic (exact) mass is 304 g/mol. The molecule has 1 fully saturated rings. The lowest BCUT2D eigenvalue weighted by molar-refractivity contribution is -0.379. The van der Waals surface area contributed by atoms with Crippen molar-refractivity contribution in [2.45, 2.75) is 4.84 Å². The van der Waals surface area contributed by atoms with Gasteiger partial charge in [-0.05, 0) is 12.1 Å². The van der Waals surface area contributed by atoms with Gasteiger partial charge in [-0.1, -0.05) is 29.3 Å². The summed E-state index contributed by atoms with van der Waals surface area (Å²) in [6, 6.07) is 5.33. The second-order valence-corrected chi connectivity index (χ2v) is 4.99. The lowest BCUT2D eigenvalue weighted by Crippen LogP contribution is -2.32. The summed E-state index contributed by atoms with van der Waals surface area (Å²) in [6.45, 7) is 1.48. The number of halogens is 2. The molecule has 6 nitrogen and oxygen atoms in total. The van der Waals surface area contributed by atoms with Gasteiger partial charge in [-0.15, -0.1) is 0 Å². The number of hydrogen-bond donors (Lipinski definition) is 0. The number of amides is 1. The zero-order valence-corrected chi connectivity index (χ0v) is 11.2. The van der Waals surface area contributed by atoms with Crippen molar-refractivity contribution in [3.63, 3.8) is 0 Å². The summed E-state index contributed by atoms with van der Waals surface area (Å²) < 4.78 is 4.92. The van der Waals surface area contributed by atoms with Gasteiger partial charge in [-0.25, -0.2) is 0 Å². The van der Waals surface area contributed by atoms with Gasteiger partial charge in [0.15, 0.2) is 4.84 Å². The number of para-hydroxylation sites is 1. The number of nitro benzene ring substituents is 1. The normalized spacial score (nSPS) is 15.0. The second kappa shape index (κ2) is 5.73. The maximum absolute atomic E-state index is 10.9. The molecule has 3 rings (SSSR count). The third kappa shape index (κ3) is 3.15. The SMILES string of the molecule is O=C(C(Cl)Cl)N1CCOC1.O=[N+]([O-])c1c2cccc1-2. The molecule has 8 heteroatoms. The molecule has 0 aromatic rings. The predicted molar refractivity (Wildman–Crippen MR) is 70.1 cm³/mol. The van der Waals surface area contributed by atoms with Crippen molar-refractivity contribution in [3.8, 4) is 11.1 Å². The number of rotatable bonds is 2. The predicted octanol–water partition coefficient (Wildman–Crippen LogP) is 2.18. The highest BCUT2D eigenvalue weighted by Crippen LogP contribution is 2.50. The molecule has 0 aromatic heterocycles. The van der Waals surface area contributed by atoms with Crippen LogP contribution in [-0.4, -0.2) is 40.4 Å². The first kappa shape index (κ1) is 14.0. The first-order valence-electron chi connectivity index (χ1n) is 5.45. The highest BCUT2D eigenvalue weighted by molar-refractivity contribution is 6.53. The quantitative estimate of drug-likeness (QED) is 0.484. The van der Waals surface area contributed by atoms with Crippen LogP contribution >= 0.6 is 23.2 Å². The minimum atomic E-state index is -0.957. The molecule has 1 saturated heterocycles. The van der Waals surface area contributed by atoms with Crippen molar-refractivity contribution in [2.75, 3.05) is 19.9 Å². The standard InChI is InChI=1S/C6H3NO2.C5H7Cl2NO2/c8-7(9)6-4-2-1-3-5(4)6;6-4(7)5(9)8-1-2-10-3-8/h1-3H;4H,1-3H2. The van der Waals surface area contributed by atoms with Gasteiger partial charge >= 0.3 is 0 Å². The van der Waals surface area contributed by atoms with Crippen molar-refractivity contribution < 1.29 is 14.5 Å². The van der Waals surface area contributed by atoms with Crippen LogP contribution in [0.25, 0.3) is 11.1 Å². The number of nitrogens with zero attached hydrogens (tertiary/aromatic N) is 2. The summed E-state index contributed by atoms with van der Waals surface area (Å²) in [5, 5.41) is 10.0. The van der Waals surface area contributed by atoms with Crippen molar-refractivity contribution >= 4 is 34.8 Å². The van der Waals surface area contributed by atoms with E-state index in [0.29, 0.717) is 25.6 Å². The van der Waals surface area contributed by atoms with Crippen molar-refractivity contribution in [3.05, 3.63) is 28.3 Å². The van der Waals surface area contributed by atoms with Crippen LogP contribution in [0.2, 0.25) is 0 Å². The fourth-order valence-electron chi connectivity index (χ4n) is 1.71. The minimum Gasteiger partial charge on any atom is -0.359 e. The Balaban J connectivity index is 0.000000141. The minimum absolute atomic E-state index is 0.277. The largest absolute Gasteiger partial charge is 0.359 e. The average Bonchev–Trinajstić information content (AvgIpc) is 2.81. The van der Waals surface area contributed by atoms with Crippen LogP contribution in [0.15, 0.2) is 18.2 Å². The molecule has 0 unspecified atom stereocenters. The zero-order chi connectivity index (χ0) is 14.0. The van der Waals surface area contributed by atoms with Crippen molar-refractivity contribution in [2.24, 2.45) is 0 Å². The number of carbonyl (C=O) groups excluding carboxylic acids is 1. The molecule has 1 heterocycles. The summed E-state index contributed by atoms with van der Waals surface area (Å²) in [6.07, 6.45) is 0. The molecule has 0 saturated carbocycles. The van der Waals surface area contributed by atoms with Crippen LogP contribution in [0, 0.1) is 10.1 Å². The van der Waals surface area contributed by atoms with Crippen LogP contribution in [0.5, 0.6) is 0 Å². The first-order valence-corrected chi connectivity index (χ1v) is 6.32. The Morgan fingerprint density at radius 2 is 2.05 bits per heavy atom. The van der Waals surface area contributed by atoms with Gasteiger partial charge in [0, 0.05) is 6.54 Å². The second-order valence-electron chi connectivity index (χ2n) is 3.90. The highest BCUT2D eigenvalue weighted by atomic mass is 35.5. The van der Waals surface area contributed by atoms with E-state index in [9.17, 15) is 14.9 Å². The van der Waals surface area contributed by atoms with Gasteiger partial charge in [0.05, 0.1) is 22.7 Å². The van der Waals surface area contributed by atoms with Crippen LogP contribution in [0.4, 0.5) is 5.69 Å². The molecule has 0 bridgehead atoms. The van der Waals surface area contributed by atoms with Crippen LogP contribution in [0.3, 0.4) is 0 Å². The highest BCUT2D eigenvalue weighted by Gasteiger charge is 2.34. The molecule has 1 aliphatic heterocycles. The fourth-order valence-corrected chi connectivity index (χ4v) is 1.98. The van der Waals surface area contributed by atoms with E-state index in [-0.39, 0.29) is 10.8 Å². The van der Waals surface area contributed by atoms with E-state index in [4.69, 9.17) is 27.9 Å². The fraction of sp³-hybridized carbons (Fsp3) is 0.364. The molecular weight excluding hydrogens is 295 g/mol. The van der Waals surface area contributed by atoms with Gasteiger partial charge in [0.25, 0.3) is 11.6 Å².